The van der Waals surface area contributed by atoms with Crippen molar-refractivity contribution in [1.29, 1.82) is 0 Å². The van der Waals surface area contributed by atoms with Gasteiger partial charge in [0.25, 0.3) is 15.7 Å². The van der Waals surface area contributed by atoms with Crippen molar-refractivity contribution in [3.63, 3.8) is 0 Å². The molecule has 0 aliphatic carbocycles. The average Bonchev–Trinajstić information content (AvgIpc) is 2.54. The first kappa shape index (κ1) is 19.1. The number of anilines is 1. The van der Waals surface area contributed by atoms with E-state index in [4.69, 9.17) is 32.7 Å². The fraction of sp³-hybridized carbons (Fsp3) is 0.143. The minimum absolute atomic E-state index is 0.0471. The number of hydrogen-bond donors (Lipinski definition) is 1. The Balaban J connectivity index is 2.48. The summed E-state index contributed by atoms with van der Waals surface area (Å²) >= 11 is 11.7. The lowest BCUT2D eigenvalue weighted by atomic mass is 10.3. The van der Waals surface area contributed by atoms with Gasteiger partial charge in [-0.1, -0.05) is 23.2 Å². The maximum Gasteiger partial charge on any atom is 0.289 e. The molecule has 2 aromatic carbocycles. The molecule has 0 atom stereocenters. The molecule has 0 aliphatic rings. The molecule has 0 heterocycles. The van der Waals surface area contributed by atoms with E-state index in [1.165, 1.54) is 26.4 Å². The summed E-state index contributed by atoms with van der Waals surface area (Å²) in [4.78, 5) is 9.82. The summed E-state index contributed by atoms with van der Waals surface area (Å²) in [6.45, 7) is 0. The van der Waals surface area contributed by atoms with E-state index < -0.39 is 20.6 Å². The van der Waals surface area contributed by atoms with E-state index in [0.717, 1.165) is 18.2 Å². The fourth-order valence-electron chi connectivity index (χ4n) is 1.94. The molecular weight excluding hydrogens is 395 g/mol. The highest BCUT2D eigenvalue weighted by atomic mass is 35.5. The third-order valence-corrected chi connectivity index (χ3v) is 5.12. The maximum atomic E-state index is 12.5. The van der Waals surface area contributed by atoms with Crippen LogP contribution in [0.1, 0.15) is 0 Å². The number of ether oxygens (including phenoxy) is 2. The second kappa shape index (κ2) is 7.34. The lowest BCUT2D eigenvalue weighted by Crippen LogP contribution is -2.14. The Morgan fingerprint density at radius 2 is 1.68 bits per heavy atom. The molecule has 0 saturated heterocycles. The molecule has 0 bridgehead atoms. The third-order valence-electron chi connectivity index (χ3n) is 3.14. The van der Waals surface area contributed by atoms with E-state index in [1.807, 2.05) is 0 Å². The summed E-state index contributed by atoms with van der Waals surface area (Å²) in [7, 11) is -1.41. The number of nitro groups is 1. The number of rotatable bonds is 6. The van der Waals surface area contributed by atoms with Gasteiger partial charge in [-0.15, -0.1) is 0 Å². The van der Waals surface area contributed by atoms with Crippen LogP contribution in [0, 0.1) is 10.1 Å². The molecule has 0 aliphatic heterocycles. The summed E-state index contributed by atoms with van der Waals surface area (Å²) in [6.07, 6.45) is 0. The van der Waals surface area contributed by atoms with Gasteiger partial charge in [-0.3, -0.25) is 14.8 Å². The summed E-state index contributed by atoms with van der Waals surface area (Å²) in [5.41, 5.74) is -0.477. The summed E-state index contributed by atoms with van der Waals surface area (Å²) in [5, 5.41) is 10.9. The standard InChI is InChI=1S/C14H12Cl2N2O6S/c1-23-13-7-14(24-2)11(6-10(13)16)17-25(21,22)8-3-4-9(15)12(5-8)18(19)20/h3-7,17H,1-2H3. The molecule has 1 N–H and O–H groups in total. The summed E-state index contributed by atoms with van der Waals surface area (Å²) < 4.78 is 37.4. The normalized spacial score (nSPS) is 11.0. The summed E-state index contributed by atoms with van der Waals surface area (Å²) in [6, 6.07) is 5.86. The quantitative estimate of drug-likeness (QED) is 0.578. The van der Waals surface area contributed by atoms with Gasteiger partial charge in [-0.2, -0.15) is 0 Å². The van der Waals surface area contributed by atoms with Gasteiger partial charge in [0.1, 0.15) is 16.5 Å². The lowest BCUT2D eigenvalue weighted by Gasteiger charge is -2.14. The van der Waals surface area contributed by atoms with Crippen LogP contribution in [0.2, 0.25) is 10.0 Å². The van der Waals surface area contributed by atoms with Gasteiger partial charge in [0, 0.05) is 12.1 Å². The SMILES string of the molecule is COc1cc(OC)c(NS(=O)(=O)c2ccc(Cl)c([N+](=O)[O-])c2)cc1Cl. The van der Waals surface area contributed by atoms with Crippen molar-refractivity contribution in [2.24, 2.45) is 0 Å². The molecule has 0 fully saturated rings. The van der Waals surface area contributed by atoms with Crippen LogP contribution in [0.5, 0.6) is 11.5 Å². The number of halogens is 2. The van der Waals surface area contributed by atoms with Gasteiger partial charge in [-0.05, 0) is 18.2 Å². The Morgan fingerprint density at radius 3 is 2.24 bits per heavy atom. The Hall–Kier alpha value is -2.23. The Kier molecular flexibility index (Phi) is 5.61. The van der Waals surface area contributed by atoms with Crippen LogP contribution in [-0.4, -0.2) is 27.6 Å². The average molecular weight is 407 g/mol. The van der Waals surface area contributed by atoms with Crippen molar-refractivity contribution in [3.05, 3.63) is 50.5 Å². The van der Waals surface area contributed by atoms with E-state index in [1.54, 1.807) is 0 Å². The molecule has 25 heavy (non-hydrogen) atoms. The smallest absolute Gasteiger partial charge is 0.289 e. The molecule has 0 spiro atoms. The number of nitrogens with zero attached hydrogens (tertiary/aromatic N) is 1. The van der Waals surface area contributed by atoms with Crippen molar-refractivity contribution < 1.29 is 22.8 Å². The molecule has 8 nitrogen and oxygen atoms in total. The van der Waals surface area contributed by atoms with E-state index in [9.17, 15) is 18.5 Å². The number of benzene rings is 2. The van der Waals surface area contributed by atoms with Crippen molar-refractivity contribution in [2.45, 2.75) is 4.90 Å². The molecular formula is C14H12Cl2N2O6S. The van der Waals surface area contributed by atoms with Crippen LogP contribution >= 0.6 is 23.2 Å². The van der Waals surface area contributed by atoms with E-state index in [-0.39, 0.29) is 26.4 Å². The van der Waals surface area contributed by atoms with Gasteiger partial charge in [0.05, 0.1) is 34.7 Å². The predicted octanol–water partition coefficient (Wildman–Crippen LogP) is 3.72. The molecule has 0 amide bonds. The van der Waals surface area contributed by atoms with Gasteiger partial charge in [0.2, 0.25) is 0 Å². The van der Waals surface area contributed by atoms with Gasteiger partial charge < -0.3 is 9.47 Å². The van der Waals surface area contributed by atoms with Crippen molar-refractivity contribution in [3.8, 4) is 11.5 Å². The second-order valence-corrected chi connectivity index (χ2v) is 7.16. The number of nitro benzene ring substituents is 1. The number of methoxy groups -OCH3 is 2. The first-order valence-corrected chi connectivity index (χ1v) is 8.81. The number of hydrogen-bond acceptors (Lipinski definition) is 6. The Labute approximate surface area is 153 Å². The van der Waals surface area contributed by atoms with E-state index >= 15 is 0 Å². The van der Waals surface area contributed by atoms with Crippen LogP contribution in [0.4, 0.5) is 11.4 Å². The molecule has 0 unspecified atom stereocenters. The largest absolute Gasteiger partial charge is 0.495 e. The van der Waals surface area contributed by atoms with Gasteiger partial charge in [0.15, 0.2) is 0 Å². The number of sulfonamides is 1. The Bertz CT molecular complexity index is 933. The predicted molar refractivity (Wildman–Crippen MR) is 93.5 cm³/mol. The van der Waals surface area contributed by atoms with Crippen molar-refractivity contribution in [1.82, 2.24) is 0 Å². The van der Waals surface area contributed by atoms with Crippen molar-refractivity contribution >= 4 is 44.6 Å². The number of nitrogens with one attached hydrogen (secondary N) is 1. The van der Waals surface area contributed by atoms with Crippen LogP contribution in [0.25, 0.3) is 0 Å². The molecule has 11 heteroatoms. The van der Waals surface area contributed by atoms with Crippen LogP contribution < -0.4 is 14.2 Å². The molecule has 2 aromatic rings. The zero-order valence-corrected chi connectivity index (χ0v) is 15.3. The maximum absolute atomic E-state index is 12.5. The molecule has 2 rings (SSSR count). The Morgan fingerprint density at radius 1 is 1.04 bits per heavy atom. The fourth-order valence-corrected chi connectivity index (χ4v) is 3.45. The first-order chi connectivity index (χ1) is 11.7. The van der Waals surface area contributed by atoms with E-state index in [0.29, 0.717) is 5.75 Å². The molecule has 0 saturated carbocycles. The first-order valence-electron chi connectivity index (χ1n) is 6.58. The minimum Gasteiger partial charge on any atom is -0.495 e. The van der Waals surface area contributed by atoms with Crippen LogP contribution in [-0.2, 0) is 10.0 Å². The molecule has 0 aromatic heterocycles. The van der Waals surface area contributed by atoms with Crippen LogP contribution in [0.3, 0.4) is 0 Å². The molecule has 0 radical (unpaired) electrons. The van der Waals surface area contributed by atoms with E-state index in [2.05, 4.69) is 4.72 Å². The molecule has 134 valence electrons. The second-order valence-electron chi connectivity index (χ2n) is 4.66. The van der Waals surface area contributed by atoms with Gasteiger partial charge >= 0.3 is 0 Å². The zero-order valence-electron chi connectivity index (χ0n) is 12.9. The highest BCUT2D eigenvalue weighted by Gasteiger charge is 2.22. The lowest BCUT2D eigenvalue weighted by molar-refractivity contribution is -0.384. The zero-order chi connectivity index (χ0) is 18.8. The van der Waals surface area contributed by atoms with Crippen molar-refractivity contribution in [2.75, 3.05) is 18.9 Å². The monoisotopic (exact) mass is 406 g/mol. The highest BCUT2D eigenvalue weighted by Crippen LogP contribution is 2.37. The minimum atomic E-state index is -4.15. The van der Waals surface area contributed by atoms with Crippen LogP contribution in [0.15, 0.2) is 35.2 Å². The topological polar surface area (TPSA) is 108 Å². The van der Waals surface area contributed by atoms with Gasteiger partial charge in [-0.25, -0.2) is 8.42 Å². The third kappa shape index (κ3) is 4.06. The summed E-state index contributed by atoms with van der Waals surface area (Å²) in [5.74, 6) is 0.455. The highest BCUT2D eigenvalue weighted by molar-refractivity contribution is 7.92.